The molecule has 4 N–H and O–H groups in total. The van der Waals surface area contributed by atoms with Gasteiger partial charge in [-0.2, -0.15) is 0 Å². The standard InChI is InChI=1S/C24H27ClN4O4S.C17H20ClN3O3.C7H9NO2S/c1-15-8-6-7-9-17(15)34(31,32)28-22(30)16-10-11-19(26-21(16)25)29-13-12-20(27-29)33-14-18-23(2,3)24(18,4)5;1-16(2)11(17(16,3)4)9-24-13-7-8-21(20-13)12-6-5-10(15(22)23)14(18)19-12;1-6-4-2-3-5-7(6)11(8,9)10/h6-13,18H,14H2,1-5H3,(H,28,30);5-8,11H,9H2,1-4H3,(H,22,23);2-5H,1H3,(H2,8,9,10). The number of carboxylic acid groups (broad SMARTS) is 1. The molecule has 0 unspecified atom stereocenters. The number of pyridine rings is 2. The average Bonchev–Trinajstić information content (AvgIpc) is 3.66. The molecule has 0 bridgehead atoms. The van der Waals surface area contributed by atoms with Crippen LogP contribution >= 0.6 is 23.2 Å². The number of carbonyl (C=O) groups is 2. The summed E-state index contributed by atoms with van der Waals surface area (Å²) in [5.74, 6) is 0.710. The smallest absolute Gasteiger partial charge is 0.338 e. The van der Waals surface area contributed by atoms with Crippen molar-refractivity contribution >= 4 is 55.1 Å². The SMILES string of the molecule is CC1(C)C(COc2ccn(-c3ccc(C(=O)O)c(Cl)n3)n2)C1(C)C.Cc1ccccc1S(=O)(=O)NC(=O)c1ccc(-n2ccc(OCC3C(C)(C)C3(C)C)n2)nc1Cl.Cc1ccccc1S(N)(=O)=O. The predicted octanol–water partition coefficient (Wildman–Crippen LogP) is 8.73. The number of nitrogens with two attached hydrogens (primary N) is 1. The summed E-state index contributed by atoms with van der Waals surface area (Å²) < 4.78 is 63.6. The summed E-state index contributed by atoms with van der Waals surface area (Å²) in [7, 11) is -7.59. The quantitative estimate of drug-likeness (QED) is 0.0918. The molecule has 0 aliphatic heterocycles. The highest BCUT2D eigenvalue weighted by Gasteiger charge is 2.65. The first kappa shape index (κ1) is 52.5. The largest absolute Gasteiger partial charge is 0.478 e. The van der Waals surface area contributed by atoms with E-state index >= 15 is 0 Å². The van der Waals surface area contributed by atoms with Gasteiger partial charge in [-0.05, 0) is 83.0 Å². The number of amides is 1. The average molecular weight is 1020 g/mol. The van der Waals surface area contributed by atoms with Crippen molar-refractivity contribution in [3.05, 3.63) is 130 Å². The fourth-order valence-electron chi connectivity index (χ4n) is 8.26. The lowest BCUT2D eigenvalue weighted by Gasteiger charge is -2.10. The fraction of sp³-hybridized carbons (Fsp3) is 0.375. The second-order valence-corrected chi connectivity index (χ2v) is 23.0. The number of hydrogen-bond acceptors (Lipinski definition) is 12. The van der Waals surface area contributed by atoms with Gasteiger partial charge in [0, 0.05) is 36.4 Å². The maximum Gasteiger partial charge on any atom is 0.338 e. The zero-order valence-corrected chi connectivity index (χ0v) is 43.0. The summed E-state index contributed by atoms with van der Waals surface area (Å²) in [5.41, 5.74) is 2.05. The van der Waals surface area contributed by atoms with E-state index in [9.17, 15) is 26.4 Å². The van der Waals surface area contributed by atoms with Crippen LogP contribution in [0, 0.1) is 47.3 Å². The van der Waals surface area contributed by atoms with Crippen molar-refractivity contribution in [1.29, 1.82) is 0 Å². The van der Waals surface area contributed by atoms with Crippen LogP contribution in [-0.2, 0) is 20.0 Å². The van der Waals surface area contributed by atoms with Gasteiger partial charge in [0.1, 0.15) is 10.3 Å². The van der Waals surface area contributed by atoms with Crippen molar-refractivity contribution in [2.45, 2.75) is 79.0 Å². The lowest BCUT2D eigenvalue weighted by Crippen LogP contribution is -2.31. The third kappa shape index (κ3) is 11.3. The molecule has 21 heteroatoms. The van der Waals surface area contributed by atoms with Gasteiger partial charge in [0.05, 0.1) is 34.1 Å². The van der Waals surface area contributed by atoms with Gasteiger partial charge in [-0.3, -0.25) is 4.79 Å². The molecule has 0 atom stereocenters. The summed E-state index contributed by atoms with van der Waals surface area (Å²) in [4.78, 5) is 32.1. The van der Waals surface area contributed by atoms with E-state index < -0.39 is 31.9 Å². The number of hydrogen-bond donors (Lipinski definition) is 3. The molecule has 2 aliphatic carbocycles. The van der Waals surface area contributed by atoms with Gasteiger partial charge < -0.3 is 14.6 Å². The molecule has 2 saturated carbocycles. The van der Waals surface area contributed by atoms with E-state index in [0.717, 1.165) is 0 Å². The number of aryl methyl sites for hydroxylation is 2. The summed E-state index contributed by atoms with van der Waals surface area (Å²) in [6, 6.07) is 22.4. The Bertz CT molecular complexity index is 3100. The highest BCUT2D eigenvalue weighted by Crippen LogP contribution is 2.69. The Morgan fingerprint density at radius 2 is 1.03 bits per heavy atom. The summed E-state index contributed by atoms with van der Waals surface area (Å²) >= 11 is 12.1. The lowest BCUT2D eigenvalue weighted by molar-refractivity contribution is 0.0696. The number of ether oxygens (including phenoxy) is 2. The van der Waals surface area contributed by atoms with Gasteiger partial charge in [0.25, 0.3) is 15.9 Å². The number of aromatic nitrogens is 6. The van der Waals surface area contributed by atoms with Crippen molar-refractivity contribution in [3.63, 3.8) is 0 Å². The van der Waals surface area contributed by atoms with Gasteiger partial charge >= 0.3 is 5.97 Å². The fourth-order valence-corrected chi connectivity index (χ4v) is 10.7. The van der Waals surface area contributed by atoms with Crippen LogP contribution in [0.25, 0.3) is 11.6 Å². The molecule has 0 radical (unpaired) electrons. The second-order valence-electron chi connectivity index (χ2n) is 19.1. The van der Waals surface area contributed by atoms with Crippen molar-refractivity contribution < 1.29 is 41.0 Å². The number of halogens is 2. The van der Waals surface area contributed by atoms with Crippen LogP contribution in [-0.4, -0.2) is 76.6 Å². The van der Waals surface area contributed by atoms with Crippen molar-refractivity contribution in [2.24, 2.45) is 38.6 Å². The van der Waals surface area contributed by atoms with E-state index in [1.54, 1.807) is 80.8 Å². The molecular weight excluding hydrogens is 968 g/mol. The molecule has 8 rings (SSSR count). The molecule has 69 heavy (non-hydrogen) atoms. The van der Waals surface area contributed by atoms with Crippen LogP contribution in [0.5, 0.6) is 11.8 Å². The third-order valence-corrected chi connectivity index (χ3v) is 17.3. The second kappa shape index (κ2) is 19.5. The van der Waals surface area contributed by atoms with E-state index in [2.05, 4.69) is 75.6 Å². The molecule has 0 spiro atoms. The molecular formula is C48H56Cl2N8O9S2. The minimum Gasteiger partial charge on any atom is -0.478 e. The normalized spacial score (nSPS) is 16.5. The van der Waals surface area contributed by atoms with Crippen LogP contribution in [0.3, 0.4) is 0 Å². The van der Waals surface area contributed by atoms with E-state index in [1.165, 1.54) is 39.7 Å². The molecule has 4 aromatic heterocycles. The Morgan fingerprint density at radius 1 is 0.638 bits per heavy atom. The molecule has 368 valence electrons. The number of benzene rings is 2. The Morgan fingerprint density at radius 3 is 1.38 bits per heavy atom. The number of carboxylic acids is 1. The highest BCUT2D eigenvalue weighted by atomic mass is 35.5. The van der Waals surface area contributed by atoms with Crippen LogP contribution in [0.1, 0.15) is 87.2 Å². The minimum atomic E-state index is -4.06. The van der Waals surface area contributed by atoms with Crippen LogP contribution < -0.4 is 19.3 Å². The molecule has 2 aliphatic rings. The number of carbonyl (C=O) groups excluding carboxylic acids is 1. The minimum absolute atomic E-state index is 0.0195. The maximum atomic E-state index is 12.6. The maximum absolute atomic E-state index is 12.6. The van der Waals surface area contributed by atoms with E-state index in [4.69, 9.17) is 42.9 Å². The number of primary sulfonamides is 1. The van der Waals surface area contributed by atoms with E-state index in [1.807, 2.05) is 4.72 Å². The molecule has 1 amide bonds. The van der Waals surface area contributed by atoms with Gasteiger partial charge in [-0.15, -0.1) is 10.2 Å². The molecule has 4 heterocycles. The zero-order valence-electron chi connectivity index (χ0n) is 39.9. The molecule has 17 nitrogen and oxygen atoms in total. The number of nitrogens with one attached hydrogen (secondary N) is 1. The summed E-state index contributed by atoms with van der Waals surface area (Å²) in [6.07, 6.45) is 3.39. The Hall–Kier alpha value is -5.86. The number of sulfonamides is 2. The highest BCUT2D eigenvalue weighted by molar-refractivity contribution is 7.90. The molecule has 0 saturated heterocycles. The summed E-state index contributed by atoms with van der Waals surface area (Å²) in [6.45, 7) is 22.5. The topological polar surface area (TPSA) is 241 Å². The van der Waals surface area contributed by atoms with Crippen molar-refractivity contribution in [3.8, 4) is 23.4 Å². The van der Waals surface area contributed by atoms with Crippen molar-refractivity contribution in [2.75, 3.05) is 13.2 Å². The van der Waals surface area contributed by atoms with Crippen molar-refractivity contribution in [1.82, 2.24) is 34.3 Å². The van der Waals surface area contributed by atoms with Gasteiger partial charge in [-0.1, -0.05) is 115 Å². The first-order valence-electron chi connectivity index (χ1n) is 21.7. The Labute approximate surface area is 412 Å². The van der Waals surface area contributed by atoms with E-state index in [-0.39, 0.29) is 52.9 Å². The third-order valence-electron chi connectivity index (χ3n) is 14.2. The lowest BCUT2D eigenvalue weighted by atomic mass is 10.0. The van der Waals surface area contributed by atoms with Gasteiger partial charge in [0.15, 0.2) is 11.6 Å². The predicted molar refractivity (Wildman–Crippen MR) is 261 cm³/mol. The van der Waals surface area contributed by atoms with Crippen LogP contribution in [0.4, 0.5) is 0 Å². The molecule has 6 aromatic rings. The van der Waals surface area contributed by atoms with Crippen LogP contribution in [0.15, 0.2) is 107 Å². The van der Waals surface area contributed by atoms with E-state index in [0.29, 0.717) is 59.6 Å². The zero-order chi connectivity index (χ0) is 51.1. The first-order valence-corrected chi connectivity index (χ1v) is 25.4. The molecule has 2 aromatic carbocycles. The Balaban J connectivity index is 0.000000193. The van der Waals surface area contributed by atoms with Gasteiger partial charge in [0.2, 0.25) is 21.8 Å². The first-order chi connectivity index (χ1) is 32.0. The molecule has 2 fully saturated rings. The number of aromatic carboxylic acids is 1. The summed E-state index contributed by atoms with van der Waals surface area (Å²) in [5, 5.41) is 22.4. The Kier molecular flexibility index (Phi) is 14.8. The van der Waals surface area contributed by atoms with Crippen LogP contribution in [0.2, 0.25) is 10.3 Å². The van der Waals surface area contributed by atoms with Gasteiger partial charge in [-0.25, -0.2) is 50.8 Å². The number of nitrogens with zero attached hydrogens (tertiary/aromatic N) is 6. The monoisotopic (exact) mass is 1020 g/mol. The number of rotatable bonds is 13.